The summed E-state index contributed by atoms with van der Waals surface area (Å²) in [6, 6.07) is 1.62. The highest BCUT2D eigenvalue weighted by Gasteiger charge is 2.38. The molecule has 0 radical (unpaired) electrons. The maximum atomic E-state index is 13.0. The van der Waals surface area contributed by atoms with Crippen LogP contribution in [0.15, 0.2) is 16.3 Å². The van der Waals surface area contributed by atoms with E-state index in [0.29, 0.717) is 31.1 Å². The minimum atomic E-state index is -3.58. The van der Waals surface area contributed by atoms with Gasteiger partial charge in [-0.3, -0.25) is 4.79 Å². The van der Waals surface area contributed by atoms with Crippen LogP contribution in [0.2, 0.25) is 0 Å². The molecule has 0 aromatic carbocycles. The largest absolute Gasteiger partial charge is 0.337 e. The van der Waals surface area contributed by atoms with E-state index in [2.05, 4.69) is 0 Å². The van der Waals surface area contributed by atoms with Crippen LogP contribution < -0.4 is 5.73 Å². The van der Waals surface area contributed by atoms with E-state index in [1.165, 1.54) is 15.6 Å². The van der Waals surface area contributed by atoms with Crippen LogP contribution in [0.25, 0.3) is 0 Å². The number of piperidine rings is 1. The Morgan fingerprint density at radius 1 is 1.29 bits per heavy atom. The summed E-state index contributed by atoms with van der Waals surface area (Å²) in [5.74, 6) is -0.192. The maximum Gasteiger partial charge on any atom is 0.265 e. The van der Waals surface area contributed by atoms with Crippen LogP contribution in [0.4, 0.5) is 0 Å². The summed E-state index contributed by atoms with van der Waals surface area (Å²) in [7, 11) is -3.58. The van der Waals surface area contributed by atoms with E-state index >= 15 is 0 Å². The molecule has 24 heavy (non-hydrogen) atoms. The van der Waals surface area contributed by atoms with Gasteiger partial charge in [0.05, 0.1) is 0 Å². The Morgan fingerprint density at radius 2 is 1.96 bits per heavy atom. The Bertz CT molecular complexity index is 721. The van der Waals surface area contributed by atoms with Crippen LogP contribution in [0.1, 0.15) is 42.8 Å². The highest BCUT2D eigenvalue weighted by atomic mass is 32.2. The molecule has 0 spiro atoms. The fraction of sp³-hybridized carbons (Fsp3) is 0.688. The summed E-state index contributed by atoms with van der Waals surface area (Å²) < 4.78 is 27.1. The molecule has 2 fully saturated rings. The molecule has 0 aliphatic carbocycles. The first-order chi connectivity index (χ1) is 11.2. The summed E-state index contributed by atoms with van der Waals surface area (Å²) in [5, 5.41) is 1.69. The lowest BCUT2D eigenvalue weighted by molar-refractivity contribution is 0.0534. The average Bonchev–Trinajstić information content (AvgIpc) is 3.20. The summed E-state index contributed by atoms with van der Waals surface area (Å²) in [6.45, 7) is 6.30. The topological polar surface area (TPSA) is 83.7 Å². The molecule has 134 valence electrons. The standard InChI is InChI=1S/C16H25N3O3S2/c1-16(2)11-18(9-5-13(16)17)15(20)14-12(6-10-23-14)24(21,22)19-7-3-4-8-19/h6,10,13H,3-5,7-9,11,17H2,1-2H3. The Hall–Kier alpha value is -0.960. The number of nitrogens with zero attached hydrogens (tertiary/aromatic N) is 2. The van der Waals surface area contributed by atoms with Gasteiger partial charge in [0.25, 0.3) is 5.91 Å². The van der Waals surface area contributed by atoms with Crippen LogP contribution >= 0.6 is 11.3 Å². The molecule has 8 heteroatoms. The van der Waals surface area contributed by atoms with Crippen molar-refractivity contribution in [2.45, 2.75) is 44.0 Å². The lowest BCUT2D eigenvalue weighted by atomic mass is 9.79. The lowest BCUT2D eigenvalue weighted by Crippen LogP contribution is -2.54. The van der Waals surface area contributed by atoms with Crippen molar-refractivity contribution in [2.24, 2.45) is 11.1 Å². The molecule has 2 aliphatic heterocycles. The van der Waals surface area contributed by atoms with Gasteiger partial charge in [0.15, 0.2) is 0 Å². The van der Waals surface area contributed by atoms with Gasteiger partial charge in [0.2, 0.25) is 10.0 Å². The van der Waals surface area contributed by atoms with E-state index in [1.54, 1.807) is 16.3 Å². The SMILES string of the molecule is CC1(C)CN(C(=O)c2sccc2S(=O)(=O)N2CCCC2)CCC1N. The second kappa shape index (κ2) is 6.40. The number of amides is 1. The molecule has 2 saturated heterocycles. The highest BCUT2D eigenvalue weighted by molar-refractivity contribution is 7.89. The molecular formula is C16H25N3O3S2. The van der Waals surface area contributed by atoms with Crippen molar-refractivity contribution in [3.8, 4) is 0 Å². The van der Waals surface area contributed by atoms with E-state index in [4.69, 9.17) is 5.73 Å². The molecule has 1 atom stereocenters. The molecule has 1 amide bonds. The molecule has 0 saturated carbocycles. The molecule has 2 aliphatic rings. The van der Waals surface area contributed by atoms with Crippen LogP contribution in [-0.2, 0) is 10.0 Å². The fourth-order valence-electron chi connectivity index (χ4n) is 3.41. The second-order valence-corrected chi connectivity index (χ2v) is 10.2. The molecular weight excluding hydrogens is 346 g/mol. The van der Waals surface area contributed by atoms with Gasteiger partial charge >= 0.3 is 0 Å². The van der Waals surface area contributed by atoms with Crippen molar-refractivity contribution >= 4 is 27.3 Å². The van der Waals surface area contributed by atoms with Crippen molar-refractivity contribution in [1.82, 2.24) is 9.21 Å². The van der Waals surface area contributed by atoms with E-state index in [9.17, 15) is 13.2 Å². The molecule has 1 aromatic heterocycles. The third-order valence-electron chi connectivity index (χ3n) is 5.11. The van der Waals surface area contributed by atoms with Gasteiger partial charge in [0, 0.05) is 32.2 Å². The number of hydrogen-bond donors (Lipinski definition) is 1. The van der Waals surface area contributed by atoms with Crippen molar-refractivity contribution in [3.63, 3.8) is 0 Å². The fourth-order valence-corrected chi connectivity index (χ4v) is 6.29. The number of sulfonamides is 1. The minimum Gasteiger partial charge on any atom is -0.337 e. The zero-order chi connectivity index (χ0) is 17.5. The summed E-state index contributed by atoms with van der Waals surface area (Å²) in [6.07, 6.45) is 2.49. The molecule has 1 unspecified atom stereocenters. The van der Waals surface area contributed by atoms with E-state index in [0.717, 1.165) is 19.3 Å². The van der Waals surface area contributed by atoms with Crippen molar-refractivity contribution < 1.29 is 13.2 Å². The van der Waals surface area contributed by atoms with Crippen molar-refractivity contribution in [3.05, 3.63) is 16.3 Å². The van der Waals surface area contributed by atoms with Crippen molar-refractivity contribution in [1.29, 1.82) is 0 Å². The molecule has 6 nitrogen and oxygen atoms in total. The molecule has 1 aromatic rings. The molecule has 3 rings (SSSR count). The predicted molar refractivity (Wildman–Crippen MR) is 94.6 cm³/mol. The third-order valence-corrected chi connectivity index (χ3v) is 8.08. The van der Waals surface area contributed by atoms with E-state index in [1.807, 2.05) is 13.8 Å². The number of thiophene rings is 1. The molecule has 3 heterocycles. The minimum absolute atomic E-state index is 0.0534. The Kier molecular flexibility index (Phi) is 4.76. The number of carbonyl (C=O) groups excluding carboxylic acids is 1. The Labute approximate surface area is 147 Å². The first kappa shape index (κ1) is 17.8. The Morgan fingerprint density at radius 3 is 2.58 bits per heavy atom. The predicted octanol–water partition coefficient (Wildman–Crippen LogP) is 1.73. The van der Waals surface area contributed by atoms with Crippen LogP contribution in [0.5, 0.6) is 0 Å². The first-order valence-electron chi connectivity index (χ1n) is 8.36. The Balaban J connectivity index is 1.86. The first-order valence-corrected chi connectivity index (χ1v) is 10.7. The average molecular weight is 372 g/mol. The van der Waals surface area contributed by atoms with Gasteiger partial charge in [-0.25, -0.2) is 8.42 Å². The van der Waals surface area contributed by atoms with Gasteiger partial charge in [0.1, 0.15) is 9.77 Å². The van der Waals surface area contributed by atoms with Crippen LogP contribution in [0.3, 0.4) is 0 Å². The zero-order valence-corrected chi connectivity index (χ0v) is 15.8. The third kappa shape index (κ3) is 3.12. The van der Waals surface area contributed by atoms with E-state index in [-0.39, 0.29) is 22.3 Å². The van der Waals surface area contributed by atoms with Gasteiger partial charge in [-0.15, -0.1) is 11.3 Å². The quantitative estimate of drug-likeness (QED) is 0.877. The van der Waals surface area contributed by atoms with E-state index < -0.39 is 10.0 Å². The smallest absolute Gasteiger partial charge is 0.265 e. The number of rotatable bonds is 3. The summed E-state index contributed by atoms with van der Waals surface area (Å²) >= 11 is 1.21. The molecule has 0 bridgehead atoms. The number of likely N-dealkylation sites (tertiary alicyclic amines) is 1. The normalized spacial score (nSPS) is 25.1. The zero-order valence-electron chi connectivity index (χ0n) is 14.2. The molecule has 2 N–H and O–H groups in total. The number of carbonyl (C=O) groups is 1. The van der Waals surface area contributed by atoms with Gasteiger partial charge < -0.3 is 10.6 Å². The summed E-state index contributed by atoms with van der Waals surface area (Å²) in [5.41, 5.74) is 5.97. The second-order valence-electron chi connectivity index (χ2n) is 7.34. The highest BCUT2D eigenvalue weighted by Crippen LogP contribution is 2.32. The van der Waals surface area contributed by atoms with Gasteiger partial charge in [-0.05, 0) is 36.1 Å². The van der Waals surface area contributed by atoms with Gasteiger partial charge in [-0.1, -0.05) is 13.8 Å². The lowest BCUT2D eigenvalue weighted by Gasteiger charge is -2.42. The monoisotopic (exact) mass is 371 g/mol. The van der Waals surface area contributed by atoms with Crippen LogP contribution in [0, 0.1) is 5.41 Å². The summed E-state index contributed by atoms with van der Waals surface area (Å²) in [4.78, 5) is 15.2. The van der Waals surface area contributed by atoms with Gasteiger partial charge in [-0.2, -0.15) is 4.31 Å². The number of nitrogens with two attached hydrogens (primary N) is 1. The van der Waals surface area contributed by atoms with Crippen molar-refractivity contribution in [2.75, 3.05) is 26.2 Å². The van der Waals surface area contributed by atoms with Crippen LogP contribution in [-0.4, -0.2) is 55.8 Å². The number of hydrogen-bond acceptors (Lipinski definition) is 5. The maximum absolute atomic E-state index is 13.0.